The van der Waals surface area contributed by atoms with Crippen LogP contribution < -0.4 is 10.4 Å². The first kappa shape index (κ1) is 49.1. The fourth-order valence-corrected chi connectivity index (χ4v) is 17.1. The van der Waals surface area contributed by atoms with Gasteiger partial charge in [-0.3, -0.25) is 0 Å². The summed E-state index contributed by atoms with van der Waals surface area (Å²) in [4.78, 5) is 0. The molecule has 2 aromatic heterocycles. The predicted molar refractivity (Wildman–Crippen MR) is 363 cm³/mol. The number of fused-ring (bicyclic) bond motifs is 11. The molecule has 0 aliphatic carbocycles. The average molecular weight is 1100 g/mol. The van der Waals surface area contributed by atoms with Gasteiger partial charge in [0.1, 0.15) is 19.2 Å². The van der Waals surface area contributed by atoms with Gasteiger partial charge in [-0.1, -0.05) is 268 Å². The first-order valence-corrected chi connectivity index (χ1v) is 32.5. The van der Waals surface area contributed by atoms with Crippen molar-refractivity contribution in [1.82, 2.24) is 4.57 Å². The number of rotatable bonds is 8. The summed E-state index contributed by atoms with van der Waals surface area (Å²) in [6, 6.07) is 110. The number of nitrogens with zero attached hydrogens (tertiary/aromatic N) is 1. The Bertz CT molecular complexity index is 5120. The molecule has 0 saturated heterocycles. The van der Waals surface area contributed by atoms with Crippen molar-refractivity contribution in [1.29, 1.82) is 0 Å². The zero-order valence-corrected chi connectivity index (χ0v) is 48.1. The van der Waals surface area contributed by atoms with Crippen LogP contribution in [0.15, 0.2) is 302 Å². The summed E-state index contributed by atoms with van der Waals surface area (Å²) in [6.45, 7) is 5.05. The van der Waals surface area contributed by atoms with E-state index in [4.69, 9.17) is 4.42 Å². The lowest BCUT2D eigenvalue weighted by Crippen LogP contribution is -2.49. The van der Waals surface area contributed by atoms with Crippen molar-refractivity contribution >= 4 is 83.7 Å². The van der Waals surface area contributed by atoms with Gasteiger partial charge in [-0.15, -0.1) is 0 Å². The van der Waals surface area contributed by atoms with Gasteiger partial charge in [-0.2, -0.15) is 0 Å². The van der Waals surface area contributed by atoms with Gasteiger partial charge in [0.25, 0.3) is 0 Å². The van der Waals surface area contributed by atoms with E-state index in [9.17, 15) is 0 Å². The van der Waals surface area contributed by atoms with Crippen LogP contribution in [-0.4, -0.2) is 12.6 Å². The fourth-order valence-electron chi connectivity index (χ4n) is 14.0. The molecule has 0 amide bonds. The Morgan fingerprint density at radius 2 is 0.647 bits per heavy atom. The molecule has 0 bridgehead atoms. The second-order valence-electron chi connectivity index (χ2n) is 23.6. The first-order chi connectivity index (χ1) is 41.9. The van der Waals surface area contributed by atoms with E-state index in [1.807, 2.05) is 0 Å². The second-order valence-corrected chi connectivity index (χ2v) is 27.9. The molecular weight excluding hydrogens is 1040 g/mol. The Hall–Kier alpha value is -10.6. The molecular formula is C82H55NOSi. The molecule has 16 aromatic rings. The van der Waals surface area contributed by atoms with Crippen molar-refractivity contribution in [2.75, 3.05) is 0 Å². The van der Waals surface area contributed by atoms with E-state index in [1.54, 1.807) is 0 Å². The summed E-state index contributed by atoms with van der Waals surface area (Å²) in [7, 11) is -2.19. The van der Waals surface area contributed by atoms with Gasteiger partial charge in [0, 0.05) is 32.8 Å². The van der Waals surface area contributed by atoms with Crippen LogP contribution in [0.1, 0.15) is 0 Å². The molecule has 2 nitrogen and oxygen atoms in total. The van der Waals surface area contributed by atoms with Crippen LogP contribution in [0.4, 0.5) is 0 Å². The topological polar surface area (TPSA) is 18.1 Å². The lowest BCUT2D eigenvalue weighted by atomic mass is 9.95. The summed E-state index contributed by atoms with van der Waals surface area (Å²) in [5, 5.41) is 12.8. The molecule has 14 aromatic carbocycles. The molecule has 1 aliphatic rings. The Kier molecular flexibility index (Phi) is 11.1. The predicted octanol–water partition coefficient (Wildman–Crippen LogP) is 21.5. The molecule has 17 rings (SSSR count). The third-order valence-corrected chi connectivity index (χ3v) is 22.0. The molecule has 3 heteroatoms. The van der Waals surface area contributed by atoms with Crippen molar-refractivity contribution in [3.05, 3.63) is 297 Å². The summed E-state index contributed by atoms with van der Waals surface area (Å²) < 4.78 is 9.07. The van der Waals surface area contributed by atoms with Gasteiger partial charge in [0.15, 0.2) is 0 Å². The van der Waals surface area contributed by atoms with Gasteiger partial charge < -0.3 is 8.98 Å². The summed E-state index contributed by atoms with van der Waals surface area (Å²) in [5.41, 5.74) is 25.0. The molecule has 398 valence electrons. The minimum Gasteiger partial charge on any atom is -0.455 e. The molecule has 0 fully saturated rings. The van der Waals surface area contributed by atoms with E-state index >= 15 is 0 Å². The lowest BCUT2D eigenvalue weighted by molar-refractivity contribution is 0.670. The first-order valence-electron chi connectivity index (χ1n) is 29.5. The molecule has 3 heterocycles. The normalized spacial score (nSPS) is 12.7. The number of para-hydroxylation sites is 2. The maximum absolute atomic E-state index is 6.56. The van der Waals surface area contributed by atoms with E-state index in [-0.39, 0.29) is 0 Å². The third-order valence-electron chi connectivity index (χ3n) is 18.5. The van der Waals surface area contributed by atoms with E-state index in [2.05, 4.69) is 315 Å². The number of hydrogen-bond acceptors (Lipinski definition) is 1. The number of furan rings is 1. The number of aromatic nitrogens is 1. The zero-order chi connectivity index (χ0) is 56.3. The highest BCUT2D eigenvalue weighted by Crippen LogP contribution is 2.42. The maximum atomic E-state index is 6.56. The molecule has 0 spiro atoms. The molecule has 0 saturated carbocycles. The molecule has 0 atom stereocenters. The van der Waals surface area contributed by atoms with Crippen molar-refractivity contribution in [2.24, 2.45) is 0 Å². The highest BCUT2D eigenvalue weighted by Gasteiger charge is 2.38. The van der Waals surface area contributed by atoms with E-state index in [1.165, 1.54) is 143 Å². The number of hydrogen-bond donors (Lipinski definition) is 0. The van der Waals surface area contributed by atoms with Gasteiger partial charge >= 0.3 is 0 Å². The molecule has 0 unspecified atom stereocenters. The van der Waals surface area contributed by atoms with Crippen LogP contribution in [0.5, 0.6) is 0 Å². The minimum atomic E-state index is -2.19. The van der Waals surface area contributed by atoms with E-state index in [0.29, 0.717) is 0 Å². The largest absolute Gasteiger partial charge is 0.455 e. The smallest absolute Gasteiger partial charge is 0.143 e. The quantitative estimate of drug-likeness (QED) is 0.139. The van der Waals surface area contributed by atoms with Crippen LogP contribution in [0, 0.1) is 0 Å². The van der Waals surface area contributed by atoms with Gasteiger partial charge in [-0.25, -0.2) is 0 Å². The molecule has 1 aliphatic heterocycles. The maximum Gasteiger partial charge on any atom is 0.143 e. The summed E-state index contributed by atoms with van der Waals surface area (Å²) >= 11 is 0. The third kappa shape index (κ3) is 7.99. The van der Waals surface area contributed by atoms with Crippen molar-refractivity contribution in [2.45, 2.75) is 13.1 Å². The van der Waals surface area contributed by atoms with Crippen molar-refractivity contribution < 1.29 is 4.42 Å². The minimum absolute atomic E-state index is 0.924. The van der Waals surface area contributed by atoms with Crippen LogP contribution in [0.2, 0.25) is 13.1 Å². The van der Waals surface area contributed by atoms with Crippen LogP contribution in [-0.2, 0) is 0 Å². The van der Waals surface area contributed by atoms with Crippen LogP contribution >= 0.6 is 0 Å². The molecule has 0 radical (unpaired) electrons. The standard InChI is InChI=1S/C82H55NOSi/c1-85(2)80-50-64(70-21-11-22-74-71-18-7-8-23-79(71)84-82(70)74)40-44-72(80)73-45-43-65(51-81(73)85)83-77-46-41-62(56-28-24-52(25-29-56)54-32-36-60(37-33-54)68-19-9-14-58-12-3-5-16-66(58)68)48-75(77)76-49-63(42-47-78(76)83)57-30-26-53(27-31-57)55-34-38-61(39-35-55)69-20-10-15-59-13-4-6-17-67(59)69/h3-51H,1-2H3. The Labute approximate surface area is 494 Å². The van der Waals surface area contributed by atoms with Gasteiger partial charge in [0.05, 0.1) is 11.0 Å². The van der Waals surface area contributed by atoms with Crippen LogP contribution in [0.25, 0.3) is 160 Å². The van der Waals surface area contributed by atoms with E-state index in [0.717, 1.165) is 27.5 Å². The Balaban J connectivity index is 0.734. The summed E-state index contributed by atoms with van der Waals surface area (Å²) in [6.07, 6.45) is 0. The molecule has 85 heavy (non-hydrogen) atoms. The van der Waals surface area contributed by atoms with E-state index < -0.39 is 8.07 Å². The van der Waals surface area contributed by atoms with Gasteiger partial charge in [0.2, 0.25) is 0 Å². The Morgan fingerprint density at radius 1 is 0.259 bits per heavy atom. The second kappa shape index (κ2) is 19.3. The Morgan fingerprint density at radius 3 is 1.19 bits per heavy atom. The average Bonchev–Trinajstić information content (AvgIpc) is 2.31. The number of benzene rings is 14. The van der Waals surface area contributed by atoms with Crippen molar-refractivity contribution in [3.8, 4) is 94.7 Å². The SMILES string of the molecule is C[Si]1(C)c2cc(-c3cccc4c3oc3ccccc34)ccc2-c2ccc(-n3c4ccc(-c5ccc(-c6ccc(-c7cccc8ccccc78)cc6)cc5)cc4c4cc(-c5ccc(-c6ccc(-c7cccc8ccccc78)cc6)cc5)ccc43)cc21. The monoisotopic (exact) mass is 1100 g/mol. The highest BCUT2D eigenvalue weighted by atomic mass is 28.3. The molecule has 0 N–H and O–H groups in total. The van der Waals surface area contributed by atoms with Crippen LogP contribution in [0.3, 0.4) is 0 Å². The van der Waals surface area contributed by atoms with Crippen molar-refractivity contribution in [3.63, 3.8) is 0 Å². The highest BCUT2D eigenvalue weighted by molar-refractivity contribution is 7.04. The summed E-state index contributed by atoms with van der Waals surface area (Å²) in [5.74, 6) is 0. The lowest BCUT2D eigenvalue weighted by Gasteiger charge is -2.20. The van der Waals surface area contributed by atoms with Gasteiger partial charge in [-0.05, 0) is 158 Å². The fraction of sp³-hybridized carbons (Fsp3) is 0.0244. The zero-order valence-electron chi connectivity index (χ0n) is 47.1.